The lowest BCUT2D eigenvalue weighted by Gasteiger charge is -2.06. The number of nitrogens with zero attached hydrogens (tertiary/aromatic N) is 4. The summed E-state index contributed by atoms with van der Waals surface area (Å²) in [6.45, 7) is 2.12. The first-order valence-electron chi connectivity index (χ1n) is 8.92. The Bertz CT molecular complexity index is 1150. The summed E-state index contributed by atoms with van der Waals surface area (Å²) < 4.78 is 12.6. The molecule has 0 aliphatic rings. The van der Waals surface area contributed by atoms with Crippen LogP contribution in [0.25, 0.3) is 28.2 Å². The third kappa shape index (κ3) is 3.53. The van der Waals surface area contributed by atoms with E-state index < -0.39 is 4.92 Å². The van der Waals surface area contributed by atoms with Crippen LogP contribution in [0, 0.1) is 17.0 Å². The predicted octanol–water partition coefficient (Wildman–Crippen LogP) is 4.56. The fraction of sp³-hybridized carbons (Fsp3) is 0.143. The molecule has 4 aromatic rings. The molecule has 2 aromatic carbocycles. The number of hydrogen-bond donors (Lipinski definition) is 0. The minimum absolute atomic E-state index is 0.0311. The number of aryl methyl sites for hydroxylation is 1. The van der Waals surface area contributed by atoms with Gasteiger partial charge in [-0.15, -0.1) is 0 Å². The van der Waals surface area contributed by atoms with E-state index in [0.717, 1.165) is 16.8 Å². The molecule has 0 unspecified atom stereocenters. The van der Waals surface area contributed by atoms with E-state index in [4.69, 9.17) is 14.2 Å². The van der Waals surface area contributed by atoms with Gasteiger partial charge in [0.25, 0.3) is 5.69 Å². The molecule has 0 fully saturated rings. The molecule has 0 atom stereocenters. The van der Waals surface area contributed by atoms with Crippen LogP contribution in [-0.2, 0) is 11.3 Å². The standard InChI is InChI=1S/C21H18N4O4/c1-14-20(21(23-29-14)15-6-4-3-5-7-15)18-12-24(19(22-18)13-28-2)16-8-10-17(11-9-16)25(26)27/h3-12H,13H2,1-2H3. The van der Waals surface area contributed by atoms with Crippen molar-refractivity contribution in [2.75, 3.05) is 7.11 Å². The molecule has 0 aliphatic carbocycles. The van der Waals surface area contributed by atoms with Gasteiger partial charge in [0.05, 0.1) is 16.2 Å². The molecule has 0 spiro atoms. The highest BCUT2D eigenvalue weighted by molar-refractivity contribution is 5.80. The van der Waals surface area contributed by atoms with Crippen molar-refractivity contribution in [3.8, 4) is 28.2 Å². The number of nitro groups is 1. The number of imidazole rings is 1. The largest absolute Gasteiger partial charge is 0.377 e. The molecule has 4 rings (SSSR count). The van der Waals surface area contributed by atoms with Crippen molar-refractivity contribution in [3.63, 3.8) is 0 Å². The second-order valence-electron chi connectivity index (χ2n) is 6.45. The van der Waals surface area contributed by atoms with Crippen LogP contribution < -0.4 is 0 Å². The minimum atomic E-state index is -0.425. The van der Waals surface area contributed by atoms with Crippen LogP contribution in [0.1, 0.15) is 11.6 Å². The average Bonchev–Trinajstić information content (AvgIpc) is 3.32. The van der Waals surface area contributed by atoms with Crippen LogP contribution in [0.15, 0.2) is 65.3 Å². The quantitative estimate of drug-likeness (QED) is 0.354. The van der Waals surface area contributed by atoms with Crippen molar-refractivity contribution in [2.45, 2.75) is 13.5 Å². The van der Waals surface area contributed by atoms with Crippen molar-refractivity contribution < 1.29 is 14.2 Å². The summed E-state index contributed by atoms with van der Waals surface area (Å²) in [4.78, 5) is 15.2. The molecular weight excluding hydrogens is 372 g/mol. The van der Waals surface area contributed by atoms with Gasteiger partial charge < -0.3 is 13.8 Å². The van der Waals surface area contributed by atoms with Gasteiger partial charge >= 0.3 is 0 Å². The molecule has 0 radical (unpaired) electrons. The SMILES string of the molecule is COCc1nc(-c2c(-c3ccccc3)noc2C)cn1-c1ccc([N+](=O)[O-])cc1. The van der Waals surface area contributed by atoms with Gasteiger partial charge in [-0.05, 0) is 19.1 Å². The lowest BCUT2D eigenvalue weighted by atomic mass is 10.0. The molecule has 0 saturated carbocycles. The Balaban J connectivity index is 1.82. The van der Waals surface area contributed by atoms with E-state index >= 15 is 0 Å². The van der Waals surface area contributed by atoms with Crippen molar-refractivity contribution >= 4 is 5.69 Å². The van der Waals surface area contributed by atoms with E-state index in [-0.39, 0.29) is 12.3 Å². The second kappa shape index (κ2) is 7.69. The molecule has 0 aliphatic heterocycles. The molecule has 2 aromatic heterocycles. The Kier molecular flexibility index (Phi) is 4.92. The zero-order valence-corrected chi connectivity index (χ0v) is 15.9. The van der Waals surface area contributed by atoms with Crippen molar-refractivity contribution in [2.24, 2.45) is 0 Å². The van der Waals surface area contributed by atoms with E-state index in [9.17, 15) is 10.1 Å². The summed E-state index contributed by atoms with van der Waals surface area (Å²) in [5, 5.41) is 15.2. The maximum Gasteiger partial charge on any atom is 0.269 e. The lowest BCUT2D eigenvalue weighted by molar-refractivity contribution is -0.384. The van der Waals surface area contributed by atoms with Gasteiger partial charge in [-0.1, -0.05) is 35.5 Å². The molecule has 0 N–H and O–H groups in total. The highest BCUT2D eigenvalue weighted by atomic mass is 16.6. The van der Waals surface area contributed by atoms with Gasteiger partial charge in [-0.25, -0.2) is 4.98 Å². The van der Waals surface area contributed by atoms with E-state index in [2.05, 4.69) is 5.16 Å². The number of nitro benzene ring substituents is 1. The number of hydrogen-bond acceptors (Lipinski definition) is 6. The van der Waals surface area contributed by atoms with E-state index in [1.807, 2.05) is 48.0 Å². The van der Waals surface area contributed by atoms with Gasteiger partial charge in [-0.2, -0.15) is 0 Å². The molecule has 146 valence electrons. The number of rotatable bonds is 6. The van der Waals surface area contributed by atoms with Gasteiger partial charge in [0.1, 0.15) is 23.9 Å². The molecule has 8 heteroatoms. The van der Waals surface area contributed by atoms with Crippen LogP contribution in [-0.4, -0.2) is 26.7 Å². The highest BCUT2D eigenvalue weighted by Gasteiger charge is 2.21. The first kappa shape index (κ1) is 18.6. The Morgan fingerprint density at radius 2 is 1.86 bits per heavy atom. The number of methoxy groups -OCH3 is 1. The summed E-state index contributed by atoms with van der Waals surface area (Å²) in [6, 6.07) is 16.0. The average molecular weight is 390 g/mol. The van der Waals surface area contributed by atoms with Crippen LogP contribution in [0.2, 0.25) is 0 Å². The number of ether oxygens (including phenoxy) is 1. The molecule has 0 bridgehead atoms. The molecule has 0 amide bonds. The third-order valence-corrected chi connectivity index (χ3v) is 4.56. The zero-order valence-electron chi connectivity index (χ0n) is 15.9. The Morgan fingerprint density at radius 3 is 2.52 bits per heavy atom. The number of aromatic nitrogens is 3. The highest BCUT2D eigenvalue weighted by Crippen LogP contribution is 2.34. The lowest BCUT2D eigenvalue weighted by Crippen LogP contribution is -2.01. The molecular formula is C21H18N4O4. The van der Waals surface area contributed by atoms with Crippen LogP contribution >= 0.6 is 0 Å². The topological polar surface area (TPSA) is 96.2 Å². The monoisotopic (exact) mass is 390 g/mol. The molecule has 0 saturated heterocycles. The van der Waals surface area contributed by atoms with Crippen molar-refractivity contribution in [3.05, 3.63) is 82.5 Å². The summed E-state index contributed by atoms with van der Waals surface area (Å²) in [6.07, 6.45) is 1.86. The van der Waals surface area contributed by atoms with Gasteiger partial charge in [0.2, 0.25) is 0 Å². The second-order valence-corrected chi connectivity index (χ2v) is 6.45. The molecule has 2 heterocycles. The zero-order chi connectivity index (χ0) is 20.4. The number of benzene rings is 2. The summed E-state index contributed by atoms with van der Waals surface area (Å²) in [5.74, 6) is 1.32. The normalized spacial score (nSPS) is 11.0. The van der Waals surface area contributed by atoms with Gasteiger partial charge in [-0.3, -0.25) is 10.1 Å². The van der Waals surface area contributed by atoms with Gasteiger partial charge in [0, 0.05) is 36.7 Å². The number of non-ortho nitro benzene ring substituents is 1. The minimum Gasteiger partial charge on any atom is -0.377 e. The Morgan fingerprint density at radius 1 is 1.14 bits per heavy atom. The van der Waals surface area contributed by atoms with E-state index in [1.54, 1.807) is 19.2 Å². The van der Waals surface area contributed by atoms with Crippen LogP contribution in [0.4, 0.5) is 5.69 Å². The molecule has 29 heavy (non-hydrogen) atoms. The van der Waals surface area contributed by atoms with Gasteiger partial charge in [0.15, 0.2) is 0 Å². The summed E-state index contributed by atoms with van der Waals surface area (Å²) in [7, 11) is 1.59. The van der Waals surface area contributed by atoms with Crippen LogP contribution in [0.5, 0.6) is 0 Å². The van der Waals surface area contributed by atoms with E-state index in [0.29, 0.717) is 23.0 Å². The predicted molar refractivity (Wildman–Crippen MR) is 107 cm³/mol. The molecule has 8 nitrogen and oxygen atoms in total. The maximum absolute atomic E-state index is 10.9. The fourth-order valence-corrected chi connectivity index (χ4v) is 3.20. The first-order chi connectivity index (χ1) is 14.1. The van der Waals surface area contributed by atoms with Crippen molar-refractivity contribution in [1.29, 1.82) is 0 Å². The smallest absolute Gasteiger partial charge is 0.269 e. The van der Waals surface area contributed by atoms with Crippen LogP contribution in [0.3, 0.4) is 0 Å². The Hall–Kier alpha value is -3.78. The summed E-state index contributed by atoms with van der Waals surface area (Å²) in [5.41, 5.74) is 3.90. The summed E-state index contributed by atoms with van der Waals surface area (Å²) >= 11 is 0. The Labute approximate surface area is 166 Å². The maximum atomic E-state index is 10.9. The fourth-order valence-electron chi connectivity index (χ4n) is 3.20. The van der Waals surface area contributed by atoms with E-state index in [1.165, 1.54) is 12.1 Å². The first-order valence-corrected chi connectivity index (χ1v) is 8.92. The third-order valence-electron chi connectivity index (χ3n) is 4.56. The van der Waals surface area contributed by atoms with Crippen molar-refractivity contribution in [1.82, 2.24) is 14.7 Å².